The summed E-state index contributed by atoms with van der Waals surface area (Å²) < 4.78 is 35.7. The van der Waals surface area contributed by atoms with E-state index in [1.807, 2.05) is 0 Å². The van der Waals surface area contributed by atoms with Crippen LogP contribution in [0.15, 0.2) is 18.2 Å². The van der Waals surface area contributed by atoms with Crippen LogP contribution in [0.2, 0.25) is 0 Å². The summed E-state index contributed by atoms with van der Waals surface area (Å²) in [5, 5.41) is 13.6. The lowest BCUT2D eigenvalue weighted by molar-refractivity contribution is -0.385. The predicted molar refractivity (Wildman–Crippen MR) is 66.2 cm³/mol. The van der Waals surface area contributed by atoms with Gasteiger partial charge in [-0.05, 0) is 25.8 Å². The number of unbranched alkanes of at least 4 members (excludes halogenated alkanes) is 1. The fraction of sp³-hybridized carbons (Fsp3) is 0.500. The van der Waals surface area contributed by atoms with Crippen LogP contribution < -0.4 is 5.32 Å². The highest BCUT2D eigenvalue weighted by Crippen LogP contribution is 2.23. The summed E-state index contributed by atoms with van der Waals surface area (Å²) in [5.74, 6) is 0. The molecule has 106 valence electrons. The van der Waals surface area contributed by atoms with Crippen molar-refractivity contribution in [1.29, 1.82) is 0 Å². The molecule has 0 unspecified atom stereocenters. The Morgan fingerprint density at radius 2 is 2.00 bits per heavy atom. The van der Waals surface area contributed by atoms with Gasteiger partial charge in [0.15, 0.2) is 0 Å². The van der Waals surface area contributed by atoms with Gasteiger partial charge in [0.25, 0.3) is 5.69 Å². The highest BCUT2D eigenvalue weighted by atomic mass is 19.4. The lowest BCUT2D eigenvalue weighted by atomic mass is 10.2. The van der Waals surface area contributed by atoms with Crippen molar-refractivity contribution in [2.24, 2.45) is 0 Å². The summed E-state index contributed by atoms with van der Waals surface area (Å²) in [6, 6.07) is 4.67. The van der Waals surface area contributed by atoms with Crippen LogP contribution in [-0.4, -0.2) is 17.6 Å². The highest BCUT2D eigenvalue weighted by molar-refractivity contribution is 5.54. The van der Waals surface area contributed by atoms with E-state index < -0.39 is 17.5 Å². The van der Waals surface area contributed by atoms with Crippen LogP contribution in [0.5, 0.6) is 0 Å². The molecule has 1 aromatic carbocycles. The molecule has 1 rings (SSSR count). The van der Waals surface area contributed by atoms with Crippen LogP contribution in [0.25, 0.3) is 0 Å². The van der Waals surface area contributed by atoms with E-state index in [4.69, 9.17) is 0 Å². The van der Waals surface area contributed by atoms with Gasteiger partial charge in [-0.1, -0.05) is 6.07 Å². The second-order valence-corrected chi connectivity index (χ2v) is 4.26. The molecule has 7 heteroatoms. The van der Waals surface area contributed by atoms with Crippen molar-refractivity contribution in [1.82, 2.24) is 0 Å². The smallest absolute Gasteiger partial charge is 0.385 e. The van der Waals surface area contributed by atoms with Crippen LogP contribution in [0.1, 0.15) is 24.8 Å². The van der Waals surface area contributed by atoms with Crippen LogP contribution in [0.4, 0.5) is 24.5 Å². The molecule has 0 aliphatic carbocycles. The van der Waals surface area contributed by atoms with Gasteiger partial charge in [-0.15, -0.1) is 0 Å². The number of nitrogens with one attached hydrogen (secondary N) is 1. The molecule has 0 aliphatic heterocycles. The average Bonchev–Trinajstić information content (AvgIpc) is 2.29. The molecule has 19 heavy (non-hydrogen) atoms. The molecule has 0 heterocycles. The Balaban J connectivity index is 2.42. The van der Waals surface area contributed by atoms with Crippen molar-refractivity contribution in [3.05, 3.63) is 33.9 Å². The van der Waals surface area contributed by atoms with Crippen LogP contribution in [-0.2, 0) is 0 Å². The number of alkyl halides is 3. The molecule has 0 spiro atoms. The zero-order valence-corrected chi connectivity index (χ0v) is 10.5. The van der Waals surface area contributed by atoms with Crippen LogP contribution in [0, 0.1) is 17.0 Å². The van der Waals surface area contributed by atoms with Gasteiger partial charge < -0.3 is 5.32 Å². The third-order valence-corrected chi connectivity index (χ3v) is 2.62. The molecule has 0 aliphatic rings. The monoisotopic (exact) mass is 276 g/mol. The van der Waals surface area contributed by atoms with Gasteiger partial charge in [-0.3, -0.25) is 10.1 Å². The number of halogens is 3. The van der Waals surface area contributed by atoms with Gasteiger partial charge in [0.05, 0.1) is 4.92 Å². The molecule has 0 atom stereocenters. The molecule has 0 bridgehead atoms. The first-order valence-electron chi connectivity index (χ1n) is 5.85. The quantitative estimate of drug-likeness (QED) is 0.484. The molecule has 0 saturated heterocycles. The van der Waals surface area contributed by atoms with Gasteiger partial charge in [0, 0.05) is 30.3 Å². The Hall–Kier alpha value is -1.79. The molecule has 1 N–H and O–H groups in total. The van der Waals surface area contributed by atoms with E-state index >= 15 is 0 Å². The fourth-order valence-electron chi connectivity index (χ4n) is 1.60. The molecule has 0 fully saturated rings. The maximum absolute atomic E-state index is 11.9. The topological polar surface area (TPSA) is 55.2 Å². The first kappa shape index (κ1) is 15.3. The summed E-state index contributed by atoms with van der Waals surface area (Å²) in [6.07, 6.45) is -4.52. The molecule has 0 radical (unpaired) electrons. The number of rotatable bonds is 6. The molecule has 0 saturated carbocycles. The van der Waals surface area contributed by atoms with Crippen LogP contribution >= 0.6 is 0 Å². The standard InChI is InChI=1S/C12H15F3N2O2/c1-9-4-5-10(8-11(9)17(18)19)16-7-3-2-6-12(13,14)15/h4-5,8,16H,2-3,6-7H2,1H3. The fourth-order valence-corrected chi connectivity index (χ4v) is 1.60. The normalized spacial score (nSPS) is 11.4. The van der Waals surface area contributed by atoms with Gasteiger partial charge in [-0.25, -0.2) is 0 Å². The number of hydrogen-bond donors (Lipinski definition) is 1. The van der Waals surface area contributed by atoms with E-state index in [1.54, 1.807) is 19.1 Å². The van der Waals surface area contributed by atoms with E-state index in [9.17, 15) is 23.3 Å². The summed E-state index contributed by atoms with van der Waals surface area (Å²) in [4.78, 5) is 10.2. The predicted octanol–water partition coefficient (Wildman–Crippen LogP) is 4.05. The van der Waals surface area contributed by atoms with E-state index in [-0.39, 0.29) is 12.1 Å². The summed E-state index contributed by atoms with van der Waals surface area (Å²) in [6.45, 7) is 1.99. The first-order valence-corrected chi connectivity index (χ1v) is 5.85. The molecule has 1 aromatic rings. The second kappa shape index (κ2) is 6.40. The number of nitro benzene ring substituents is 1. The lowest BCUT2D eigenvalue weighted by Gasteiger charge is -2.08. The number of nitrogens with zero attached hydrogens (tertiary/aromatic N) is 1. The summed E-state index contributed by atoms with van der Waals surface area (Å²) in [7, 11) is 0. The van der Waals surface area contributed by atoms with Crippen molar-refractivity contribution >= 4 is 11.4 Å². The third kappa shape index (κ3) is 5.58. The van der Waals surface area contributed by atoms with Crippen molar-refractivity contribution in [2.45, 2.75) is 32.4 Å². The zero-order valence-electron chi connectivity index (χ0n) is 10.5. The Morgan fingerprint density at radius 3 is 2.58 bits per heavy atom. The van der Waals surface area contributed by atoms with Crippen molar-refractivity contribution in [3.8, 4) is 0 Å². The number of aryl methyl sites for hydroxylation is 1. The van der Waals surface area contributed by atoms with E-state index in [2.05, 4.69) is 5.32 Å². The molecule has 0 aromatic heterocycles. The minimum atomic E-state index is -4.12. The molecular weight excluding hydrogens is 261 g/mol. The molecule has 0 amide bonds. The Morgan fingerprint density at radius 1 is 1.32 bits per heavy atom. The number of nitro groups is 1. The summed E-state index contributed by atoms with van der Waals surface area (Å²) in [5.41, 5.74) is 1.09. The van der Waals surface area contributed by atoms with Crippen molar-refractivity contribution in [3.63, 3.8) is 0 Å². The highest BCUT2D eigenvalue weighted by Gasteiger charge is 2.25. The second-order valence-electron chi connectivity index (χ2n) is 4.26. The van der Waals surface area contributed by atoms with Gasteiger partial charge in [0.2, 0.25) is 0 Å². The minimum Gasteiger partial charge on any atom is -0.385 e. The van der Waals surface area contributed by atoms with E-state index in [1.165, 1.54) is 6.07 Å². The minimum absolute atomic E-state index is 0.000270. The SMILES string of the molecule is Cc1ccc(NCCCCC(F)(F)F)cc1[N+](=O)[O-]. The lowest BCUT2D eigenvalue weighted by Crippen LogP contribution is -2.08. The Labute approximate surface area is 108 Å². The largest absolute Gasteiger partial charge is 0.389 e. The van der Waals surface area contributed by atoms with Crippen LogP contribution in [0.3, 0.4) is 0 Å². The average molecular weight is 276 g/mol. The van der Waals surface area contributed by atoms with E-state index in [0.717, 1.165) is 0 Å². The number of hydrogen-bond acceptors (Lipinski definition) is 3. The number of anilines is 1. The zero-order chi connectivity index (χ0) is 14.5. The third-order valence-electron chi connectivity index (χ3n) is 2.62. The summed E-state index contributed by atoms with van der Waals surface area (Å²) >= 11 is 0. The number of benzene rings is 1. The first-order chi connectivity index (χ1) is 8.79. The van der Waals surface area contributed by atoms with Gasteiger partial charge in [0.1, 0.15) is 0 Å². The Bertz CT molecular complexity index is 447. The van der Waals surface area contributed by atoms with Crippen molar-refractivity contribution < 1.29 is 18.1 Å². The Kier molecular flexibility index (Phi) is 5.14. The van der Waals surface area contributed by atoms with E-state index in [0.29, 0.717) is 24.2 Å². The maximum atomic E-state index is 11.9. The van der Waals surface area contributed by atoms with Gasteiger partial charge >= 0.3 is 6.18 Å². The van der Waals surface area contributed by atoms with Gasteiger partial charge in [-0.2, -0.15) is 13.2 Å². The molecule has 4 nitrogen and oxygen atoms in total. The maximum Gasteiger partial charge on any atom is 0.389 e. The molecular formula is C12H15F3N2O2. The van der Waals surface area contributed by atoms with Crippen molar-refractivity contribution in [2.75, 3.05) is 11.9 Å².